The second-order valence-corrected chi connectivity index (χ2v) is 3.11. The number of para-hydroxylation sites is 1. The maximum Gasteiger partial charge on any atom is 0.297 e. The van der Waals surface area contributed by atoms with Crippen molar-refractivity contribution in [1.29, 1.82) is 0 Å². The van der Waals surface area contributed by atoms with Gasteiger partial charge in [0.05, 0.1) is 11.1 Å². The number of non-ortho nitro benzene ring substituents is 1. The summed E-state index contributed by atoms with van der Waals surface area (Å²) in [5.74, 6) is 0. The summed E-state index contributed by atoms with van der Waals surface area (Å²) in [4.78, 5) is 14.3. The fraction of sp³-hybridized carbons (Fsp3) is 0. The fourth-order valence-electron chi connectivity index (χ4n) is 1.54. The molecule has 0 bridgehead atoms. The lowest BCUT2D eigenvalue weighted by molar-refractivity contribution is -0.383. The summed E-state index contributed by atoms with van der Waals surface area (Å²) in [6.07, 6.45) is 1.40. The van der Waals surface area contributed by atoms with Crippen LogP contribution in [0.5, 0.6) is 0 Å². The van der Waals surface area contributed by atoms with Crippen molar-refractivity contribution in [2.75, 3.05) is 0 Å². The predicted molar refractivity (Wildman–Crippen MR) is 52.7 cm³/mol. The van der Waals surface area contributed by atoms with Crippen LogP contribution in [0.25, 0.3) is 16.7 Å². The number of tetrazole rings is 1. The van der Waals surface area contributed by atoms with Crippen LogP contribution in [0.3, 0.4) is 0 Å². The van der Waals surface area contributed by atoms with Gasteiger partial charge in [0.25, 0.3) is 5.69 Å². The van der Waals surface area contributed by atoms with E-state index in [0.29, 0.717) is 11.2 Å². The molecule has 0 amide bonds. The molecule has 0 saturated heterocycles. The van der Waals surface area contributed by atoms with Crippen LogP contribution in [0.15, 0.2) is 24.4 Å². The Hall–Kier alpha value is -2.64. The van der Waals surface area contributed by atoms with Gasteiger partial charge in [-0.3, -0.25) is 10.1 Å². The Balaban J connectivity index is 2.53. The molecular formula is C8H4N6O2. The maximum atomic E-state index is 10.8. The number of nitro groups is 1. The van der Waals surface area contributed by atoms with E-state index in [1.165, 1.54) is 16.8 Å². The van der Waals surface area contributed by atoms with Crippen LogP contribution >= 0.6 is 0 Å². The van der Waals surface area contributed by atoms with Crippen molar-refractivity contribution >= 4 is 22.4 Å². The monoisotopic (exact) mass is 216 g/mol. The van der Waals surface area contributed by atoms with E-state index >= 15 is 0 Å². The van der Waals surface area contributed by atoms with E-state index in [2.05, 4.69) is 20.5 Å². The molecule has 16 heavy (non-hydrogen) atoms. The number of nitrogens with zero attached hydrogens (tertiary/aromatic N) is 6. The Kier molecular flexibility index (Phi) is 1.58. The molecule has 0 aliphatic carbocycles. The quantitative estimate of drug-likeness (QED) is 0.435. The zero-order valence-corrected chi connectivity index (χ0v) is 7.81. The lowest BCUT2D eigenvalue weighted by Gasteiger charge is -1.98. The van der Waals surface area contributed by atoms with Crippen LogP contribution in [-0.2, 0) is 0 Å². The van der Waals surface area contributed by atoms with Crippen molar-refractivity contribution in [3.05, 3.63) is 34.5 Å². The summed E-state index contributed by atoms with van der Waals surface area (Å²) >= 11 is 0. The van der Waals surface area contributed by atoms with Crippen molar-refractivity contribution in [3.63, 3.8) is 0 Å². The summed E-state index contributed by atoms with van der Waals surface area (Å²) in [5, 5.41) is 21.7. The first-order chi connectivity index (χ1) is 7.77. The van der Waals surface area contributed by atoms with E-state index < -0.39 is 4.92 Å². The number of hydrogen-bond acceptors (Lipinski definition) is 6. The fourth-order valence-corrected chi connectivity index (χ4v) is 1.54. The topological polar surface area (TPSA) is 99.1 Å². The van der Waals surface area contributed by atoms with Crippen LogP contribution in [0.4, 0.5) is 5.69 Å². The van der Waals surface area contributed by atoms with E-state index in [0.717, 1.165) is 0 Å². The lowest BCUT2D eigenvalue weighted by Crippen LogP contribution is -1.97. The summed E-state index contributed by atoms with van der Waals surface area (Å²) < 4.78 is 1.41. The molecule has 0 radical (unpaired) electrons. The molecule has 8 heteroatoms. The minimum absolute atomic E-state index is 0.0603. The van der Waals surface area contributed by atoms with Crippen molar-refractivity contribution in [3.8, 4) is 0 Å². The Labute approximate surface area is 87.7 Å². The highest BCUT2D eigenvalue weighted by Crippen LogP contribution is 2.22. The molecule has 8 nitrogen and oxygen atoms in total. The molecule has 2 heterocycles. The SMILES string of the molecule is O=[N+]([O-])c1cccc2c1ncc1nnnn12. The number of aromatic nitrogens is 5. The van der Waals surface area contributed by atoms with E-state index in [-0.39, 0.29) is 11.2 Å². The zero-order chi connectivity index (χ0) is 11.1. The highest BCUT2D eigenvalue weighted by atomic mass is 16.6. The highest BCUT2D eigenvalue weighted by molar-refractivity contribution is 5.85. The molecule has 0 aliphatic rings. The van der Waals surface area contributed by atoms with Gasteiger partial charge in [0.1, 0.15) is 5.52 Å². The standard InChI is InChI=1S/C8H4N6O2/c15-14(16)6-3-1-2-5-8(6)9-4-7-10-11-12-13(5)7/h1-4H. The molecule has 0 atom stereocenters. The van der Waals surface area contributed by atoms with Gasteiger partial charge in [-0.05, 0) is 16.5 Å². The molecule has 2 aromatic heterocycles. The molecule has 0 unspecified atom stereocenters. The summed E-state index contributed by atoms with van der Waals surface area (Å²) in [6.45, 7) is 0. The van der Waals surface area contributed by atoms with Gasteiger partial charge < -0.3 is 0 Å². The molecule has 0 spiro atoms. The minimum atomic E-state index is -0.481. The van der Waals surface area contributed by atoms with Crippen LogP contribution in [-0.4, -0.2) is 29.9 Å². The molecular weight excluding hydrogens is 212 g/mol. The Bertz CT molecular complexity index is 706. The number of fused-ring (bicyclic) bond motifs is 3. The molecule has 3 aromatic rings. The molecule has 0 fully saturated rings. The van der Waals surface area contributed by atoms with E-state index in [1.54, 1.807) is 12.1 Å². The van der Waals surface area contributed by atoms with E-state index in [1.807, 2.05) is 0 Å². The number of rotatable bonds is 1. The second kappa shape index (κ2) is 2.92. The van der Waals surface area contributed by atoms with Crippen LogP contribution in [0.1, 0.15) is 0 Å². The van der Waals surface area contributed by atoms with Gasteiger partial charge in [-0.2, -0.15) is 4.52 Å². The average molecular weight is 216 g/mol. The number of hydrogen-bond donors (Lipinski definition) is 0. The Morgan fingerprint density at radius 3 is 3.06 bits per heavy atom. The third kappa shape index (κ3) is 1.03. The molecule has 1 aromatic carbocycles. The average Bonchev–Trinajstić information content (AvgIpc) is 2.76. The van der Waals surface area contributed by atoms with Crippen LogP contribution in [0.2, 0.25) is 0 Å². The van der Waals surface area contributed by atoms with Gasteiger partial charge in [0.15, 0.2) is 11.2 Å². The van der Waals surface area contributed by atoms with Crippen LogP contribution in [0, 0.1) is 10.1 Å². The van der Waals surface area contributed by atoms with Crippen LogP contribution < -0.4 is 0 Å². The second-order valence-electron chi connectivity index (χ2n) is 3.11. The van der Waals surface area contributed by atoms with E-state index in [4.69, 9.17) is 0 Å². The highest BCUT2D eigenvalue weighted by Gasteiger charge is 2.15. The third-order valence-corrected chi connectivity index (χ3v) is 2.22. The zero-order valence-electron chi connectivity index (χ0n) is 7.81. The van der Waals surface area contributed by atoms with E-state index in [9.17, 15) is 10.1 Å². The molecule has 3 rings (SSSR count). The normalized spacial score (nSPS) is 11.0. The van der Waals surface area contributed by atoms with Crippen molar-refractivity contribution < 1.29 is 4.92 Å². The van der Waals surface area contributed by atoms with Gasteiger partial charge in [-0.25, -0.2) is 4.98 Å². The van der Waals surface area contributed by atoms with Crippen molar-refractivity contribution in [2.45, 2.75) is 0 Å². The molecule has 0 N–H and O–H groups in total. The van der Waals surface area contributed by atoms with Gasteiger partial charge in [0.2, 0.25) is 0 Å². The van der Waals surface area contributed by atoms with Gasteiger partial charge in [-0.15, -0.1) is 5.10 Å². The molecule has 0 saturated carbocycles. The predicted octanol–water partition coefficient (Wildman–Crippen LogP) is 0.581. The third-order valence-electron chi connectivity index (χ3n) is 2.22. The smallest absolute Gasteiger partial charge is 0.258 e. The Morgan fingerprint density at radius 1 is 1.38 bits per heavy atom. The first-order valence-electron chi connectivity index (χ1n) is 4.37. The summed E-state index contributed by atoms with van der Waals surface area (Å²) in [6, 6.07) is 4.65. The van der Waals surface area contributed by atoms with Crippen molar-refractivity contribution in [1.82, 2.24) is 25.0 Å². The number of nitro benzene ring substituents is 1. The molecule has 0 aliphatic heterocycles. The van der Waals surface area contributed by atoms with Gasteiger partial charge in [-0.1, -0.05) is 6.07 Å². The minimum Gasteiger partial charge on any atom is -0.258 e. The van der Waals surface area contributed by atoms with Gasteiger partial charge >= 0.3 is 0 Å². The van der Waals surface area contributed by atoms with Crippen molar-refractivity contribution in [2.24, 2.45) is 0 Å². The summed E-state index contributed by atoms with van der Waals surface area (Å²) in [7, 11) is 0. The number of benzene rings is 1. The lowest BCUT2D eigenvalue weighted by atomic mass is 10.2. The Morgan fingerprint density at radius 2 is 2.25 bits per heavy atom. The first kappa shape index (κ1) is 8.65. The molecule has 78 valence electrons. The largest absolute Gasteiger partial charge is 0.297 e. The first-order valence-corrected chi connectivity index (χ1v) is 4.37. The van der Waals surface area contributed by atoms with Gasteiger partial charge in [0, 0.05) is 6.07 Å². The maximum absolute atomic E-state index is 10.8. The summed E-state index contributed by atoms with van der Waals surface area (Å²) in [5.41, 5.74) is 1.17.